The second-order valence-corrected chi connectivity index (χ2v) is 9.97. The van der Waals surface area contributed by atoms with Gasteiger partial charge in [0.2, 0.25) is 17.7 Å². The Labute approximate surface area is 215 Å². The largest absolute Gasteiger partial charge is 0.368 e. The number of nitrogens with zero attached hydrogens (tertiary/aromatic N) is 1. The number of anilines is 1. The van der Waals surface area contributed by atoms with Gasteiger partial charge in [-0.15, -0.1) is 11.8 Å². The zero-order valence-corrected chi connectivity index (χ0v) is 20.7. The van der Waals surface area contributed by atoms with Crippen LogP contribution in [0.25, 0.3) is 0 Å². The summed E-state index contributed by atoms with van der Waals surface area (Å²) in [6.45, 7) is 1.42. The van der Waals surface area contributed by atoms with E-state index in [1.165, 1.54) is 18.7 Å². The molecule has 3 amide bonds. The summed E-state index contributed by atoms with van der Waals surface area (Å²) >= 11 is 7.42. The third-order valence-corrected chi connectivity index (χ3v) is 7.49. The number of benzene rings is 3. The highest BCUT2D eigenvalue weighted by Gasteiger charge is 2.43. The number of halogens is 3. The number of thioether (sulfide) groups is 1. The van der Waals surface area contributed by atoms with Gasteiger partial charge in [0, 0.05) is 16.0 Å². The molecule has 186 valence electrons. The van der Waals surface area contributed by atoms with E-state index in [-0.39, 0.29) is 5.56 Å². The Hall–Kier alpha value is -3.43. The van der Waals surface area contributed by atoms with E-state index in [0.717, 1.165) is 21.9 Å². The van der Waals surface area contributed by atoms with Crippen LogP contribution in [0, 0.1) is 11.6 Å². The normalized spacial score (nSPS) is 17.9. The molecule has 0 unspecified atom stereocenters. The van der Waals surface area contributed by atoms with Crippen LogP contribution in [0.2, 0.25) is 5.02 Å². The summed E-state index contributed by atoms with van der Waals surface area (Å²) in [6, 6.07) is 14.4. The van der Waals surface area contributed by atoms with Gasteiger partial charge in [-0.1, -0.05) is 35.9 Å². The van der Waals surface area contributed by atoms with Gasteiger partial charge in [0.1, 0.15) is 23.7 Å². The van der Waals surface area contributed by atoms with Crippen LogP contribution in [0.4, 0.5) is 14.5 Å². The average molecular weight is 530 g/mol. The van der Waals surface area contributed by atoms with Gasteiger partial charge in [0.25, 0.3) is 0 Å². The molecule has 6 nitrogen and oxygen atoms in total. The average Bonchev–Trinajstić information content (AvgIpc) is 2.95. The zero-order valence-electron chi connectivity index (χ0n) is 19.1. The van der Waals surface area contributed by atoms with Gasteiger partial charge in [0.05, 0.1) is 17.4 Å². The molecule has 0 aromatic heterocycles. The highest BCUT2D eigenvalue weighted by molar-refractivity contribution is 7.99. The molecule has 0 aliphatic carbocycles. The minimum atomic E-state index is -1.19. The van der Waals surface area contributed by atoms with Crippen LogP contribution in [0.3, 0.4) is 0 Å². The topological polar surface area (TPSA) is 92.5 Å². The van der Waals surface area contributed by atoms with E-state index >= 15 is 0 Å². The van der Waals surface area contributed by atoms with Crippen molar-refractivity contribution in [3.05, 3.63) is 94.5 Å². The minimum Gasteiger partial charge on any atom is -0.368 e. The molecular formula is C26H22ClF2N3O3S. The van der Waals surface area contributed by atoms with E-state index in [2.05, 4.69) is 5.32 Å². The Bertz CT molecular complexity index is 1300. The van der Waals surface area contributed by atoms with Gasteiger partial charge in [0.15, 0.2) is 0 Å². The van der Waals surface area contributed by atoms with Crippen LogP contribution >= 0.6 is 23.4 Å². The van der Waals surface area contributed by atoms with Gasteiger partial charge >= 0.3 is 0 Å². The van der Waals surface area contributed by atoms with Crippen molar-refractivity contribution in [2.75, 3.05) is 5.32 Å². The highest BCUT2D eigenvalue weighted by Crippen LogP contribution is 2.46. The number of para-hydroxylation sites is 1. The van der Waals surface area contributed by atoms with Gasteiger partial charge in [-0.2, -0.15) is 0 Å². The van der Waals surface area contributed by atoms with E-state index in [1.54, 1.807) is 36.4 Å². The number of nitrogens with one attached hydrogen (secondary N) is 1. The molecule has 0 saturated carbocycles. The van der Waals surface area contributed by atoms with Crippen molar-refractivity contribution < 1.29 is 23.2 Å². The molecule has 0 fully saturated rings. The zero-order chi connectivity index (χ0) is 26.0. The smallest absolute Gasteiger partial charge is 0.248 e. The third-order valence-electron chi connectivity index (χ3n) is 5.85. The monoisotopic (exact) mass is 529 g/mol. The molecule has 1 heterocycles. The van der Waals surface area contributed by atoms with Crippen molar-refractivity contribution in [1.82, 2.24) is 4.90 Å². The lowest BCUT2D eigenvalue weighted by molar-refractivity contribution is -0.144. The highest BCUT2D eigenvalue weighted by atomic mass is 35.5. The number of amides is 3. The van der Waals surface area contributed by atoms with E-state index in [1.807, 2.05) is 12.1 Å². The first-order valence-electron chi connectivity index (χ1n) is 11.0. The van der Waals surface area contributed by atoms with Crippen LogP contribution in [0.1, 0.15) is 23.3 Å². The van der Waals surface area contributed by atoms with Crippen LogP contribution in [-0.4, -0.2) is 34.7 Å². The van der Waals surface area contributed by atoms with Crippen LogP contribution < -0.4 is 11.1 Å². The second-order valence-electron chi connectivity index (χ2n) is 8.35. The molecule has 0 radical (unpaired) electrons. The molecule has 3 atom stereocenters. The fourth-order valence-electron chi connectivity index (χ4n) is 4.12. The van der Waals surface area contributed by atoms with Crippen LogP contribution in [0.5, 0.6) is 0 Å². The lowest BCUT2D eigenvalue weighted by atomic mass is 9.99. The third kappa shape index (κ3) is 5.52. The van der Waals surface area contributed by atoms with Crippen molar-refractivity contribution in [3.8, 4) is 0 Å². The van der Waals surface area contributed by atoms with E-state index in [0.29, 0.717) is 22.3 Å². The fourth-order valence-corrected chi connectivity index (χ4v) is 5.60. The van der Waals surface area contributed by atoms with Crippen molar-refractivity contribution in [1.29, 1.82) is 0 Å². The maximum Gasteiger partial charge on any atom is 0.248 e. The molecule has 1 aliphatic heterocycles. The first kappa shape index (κ1) is 25.7. The van der Waals surface area contributed by atoms with Gasteiger partial charge in [-0.05, 0) is 54.4 Å². The molecule has 3 aromatic rings. The van der Waals surface area contributed by atoms with Gasteiger partial charge in [-0.25, -0.2) is 8.78 Å². The van der Waals surface area contributed by atoms with E-state index in [4.69, 9.17) is 17.3 Å². The first-order valence-corrected chi connectivity index (χ1v) is 12.3. The standard InChI is InChI=1S/C26H22ClF2N3O3S/c1-14(25(30)34)32(22(33)12-15-10-18(28)13-19(29)11-15)23-24(16-6-8-17(27)9-7-16)36-21-5-3-2-4-20(21)31-26(23)35/h2-11,13-14,23-24H,12H2,1H3,(H2,30,34)(H,31,35)/t14-,23-,24+/m0/s1. The van der Waals surface area contributed by atoms with Crippen LogP contribution in [-0.2, 0) is 20.8 Å². The Balaban J connectivity index is 1.81. The number of hydrogen-bond donors (Lipinski definition) is 2. The van der Waals surface area contributed by atoms with Gasteiger partial charge in [-0.3, -0.25) is 14.4 Å². The van der Waals surface area contributed by atoms with Crippen LogP contribution in [0.15, 0.2) is 71.6 Å². The predicted octanol–water partition coefficient (Wildman–Crippen LogP) is 4.72. The first-order chi connectivity index (χ1) is 17.1. The quantitative estimate of drug-likeness (QED) is 0.483. The lowest BCUT2D eigenvalue weighted by Crippen LogP contribution is -2.57. The molecule has 10 heteroatoms. The Morgan fingerprint density at radius 2 is 1.72 bits per heavy atom. The Kier molecular flexibility index (Phi) is 7.61. The molecular weight excluding hydrogens is 508 g/mol. The van der Waals surface area contributed by atoms with E-state index in [9.17, 15) is 23.2 Å². The molecule has 3 aromatic carbocycles. The molecule has 0 spiro atoms. The SMILES string of the molecule is C[C@@H](C(N)=O)N(C(=O)Cc1cc(F)cc(F)c1)[C@@H]1C(=O)Nc2ccccc2S[C@@H]1c1ccc(Cl)cc1. The number of carbonyl (C=O) groups excluding carboxylic acids is 3. The fraction of sp³-hybridized carbons (Fsp3) is 0.192. The van der Waals surface area contributed by atoms with Crippen molar-refractivity contribution in [2.45, 2.75) is 35.6 Å². The minimum absolute atomic E-state index is 0.0622. The summed E-state index contributed by atoms with van der Waals surface area (Å²) in [7, 11) is 0. The van der Waals surface area contributed by atoms with Crippen molar-refractivity contribution in [3.63, 3.8) is 0 Å². The van der Waals surface area contributed by atoms with E-state index < -0.39 is 53.1 Å². The molecule has 1 aliphatic rings. The van der Waals surface area contributed by atoms with Gasteiger partial charge < -0.3 is 16.0 Å². The predicted molar refractivity (Wildman–Crippen MR) is 134 cm³/mol. The molecule has 3 N–H and O–H groups in total. The number of fused-ring (bicyclic) bond motifs is 1. The summed E-state index contributed by atoms with van der Waals surface area (Å²) in [6.07, 6.45) is -0.443. The number of nitrogens with two attached hydrogens (primary N) is 1. The molecule has 36 heavy (non-hydrogen) atoms. The Morgan fingerprint density at radius 3 is 2.36 bits per heavy atom. The number of rotatable bonds is 6. The summed E-state index contributed by atoms with van der Waals surface area (Å²) in [4.78, 5) is 41.4. The molecule has 4 rings (SSSR count). The molecule has 0 saturated heterocycles. The summed E-state index contributed by atoms with van der Waals surface area (Å²) in [5.74, 6) is -3.73. The van der Waals surface area contributed by atoms with Crippen molar-refractivity contribution in [2.24, 2.45) is 5.73 Å². The number of hydrogen-bond acceptors (Lipinski definition) is 4. The number of carbonyl (C=O) groups is 3. The summed E-state index contributed by atoms with van der Waals surface area (Å²) < 4.78 is 27.6. The summed E-state index contributed by atoms with van der Waals surface area (Å²) in [5, 5.41) is 2.68. The second kappa shape index (κ2) is 10.7. The number of primary amides is 1. The van der Waals surface area contributed by atoms with Crippen molar-refractivity contribution >= 4 is 46.8 Å². The maximum absolute atomic E-state index is 13.8. The maximum atomic E-state index is 13.8. The lowest BCUT2D eigenvalue weighted by Gasteiger charge is -2.37. The Morgan fingerprint density at radius 1 is 1.08 bits per heavy atom. The molecule has 0 bridgehead atoms. The summed E-state index contributed by atoms with van der Waals surface area (Å²) in [5.41, 5.74) is 6.89.